The van der Waals surface area contributed by atoms with Gasteiger partial charge in [0, 0.05) is 17.4 Å². The highest BCUT2D eigenvalue weighted by atomic mass is 32.1. The molecule has 2 aromatic rings. The van der Waals surface area contributed by atoms with Crippen LogP contribution in [-0.2, 0) is 11.2 Å². The summed E-state index contributed by atoms with van der Waals surface area (Å²) >= 11 is 1.54. The Kier molecular flexibility index (Phi) is 3.31. The number of aldehydes is 1. The second-order valence-corrected chi connectivity index (χ2v) is 4.10. The van der Waals surface area contributed by atoms with Gasteiger partial charge in [0.2, 0.25) is 0 Å². The van der Waals surface area contributed by atoms with E-state index in [2.05, 4.69) is 4.98 Å². The zero-order valence-corrected chi connectivity index (χ0v) is 9.66. The summed E-state index contributed by atoms with van der Waals surface area (Å²) in [5.41, 5.74) is 1.83. The van der Waals surface area contributed by atoms with Crippen molar-refractivity contribution in [2.75, 3.05) is 7.11 Å². The van der Waals surface area contributed by atoms with E-state index >= 15 is 0 Å². The molecule has 0 saturated carbocycles. The number of rotatable bonds is 4. The van der Waals surface area contributed by atoms with E-state index in [0.29, 0.717) is 6.42 Å². The standard InChI is InChI=1S/C12H11NO2S/c1-15-11-4-2-3-9(7-11)12-13-10(5-6-14)8-16-12/h2-4,6-8H,5H2,1H3. The summed E-state index contributed by atoms with van der Waals surface area (Å²) in [4.78, 5) is 14.7. The number of methoxy groups -OCH3 is 1. The minimum Gasteiger partial charge on any atom is -0.497 e. The van der Waals surface area contributed by atoms with Crippen LogP contribution in [0, 0.1) is 0 Å². The van der Waals surface area contributed by atoms with Crippen molar-refractivity contribution in [2.45, 2.75) is 6.42 Å². The summed E-state index contributed by atoms with van der Waals surface area (Å²) < 4.78 is 5.15. The number of carbonyl (C=O) groups excluding carboxylic acids is 1. The molecule has 0 aliphatic rings. The van der Waals surface area contributed by atoms with Gasteiger partial charge in [-0.15, -0.1) is 11.3 Å². The number of hydrogen-bond acceptors (Lipinski definition) is 4. The van der Waals surface area contributed by atoms with Gasteiger partial charge < -0.3 is 9.53 Å². The second-order valence-electron chi connectivity index (χ2n) is 3.25. The molecule has 82 valence electrons. The Labute approximate surface area is 97.7 Å². The lowest BCUT2D eigenvalue weighted by Gasteiger charge is -2.00. The fourth-order valence-electron chi connectivity index (χ4n) is 1.37. The Morgan fingerprint density at radius 2 is 2.38 bits per heavy atom. The van der Waals surface area contributed by atoms with Crippen molar-refractivity contribution in [2.24, 2.45) is 0 Å². The fourth-order valence-corrected chi connectivity index (χ4v) is 2.20. The number of aromatic nitrogens is 1. The van der Waals surface area contributed by atoms with E-state index in [9.17, 15) is 4.79 Å². The van der Waals surface area contributed by atoms with Crippen LogP contribution in [0.1, 0.15) is 5.69 Å². The minimum absolute atomic E-state index is 0.375. The maximum Gasteiger partial charge on any atom is 0.125 e. The molecule has 16 heavy (non-hydrogen) atoms. The summed E-state index contributed by atoms with van der Waals surface area (Å²) in [7, 11) is 1.64. The number of benzene rings is 1. The van der Waals surface area contributed by atoms with Gasteiger partial charge in [0.1, 0.15) is 17.0 Å². The SMILES string of the molecule is COc1cccc(-c2nc(CC=O)cs2)c1. The molecule has 0 aliphatic heterocycles. The van der Waals surface area contributed by atoms with Crippen LogP contribution in [-0.4, -0.2) is 18.4 Å². The number of hydrogen-bond donors (Lipinski definition) is 0. The van der Waals surface area contributed by atoms with Crippen molar-refractivity contribution in [1.29, 1.82) is 0 Å². The maximum atomic E-state index is 10.4. The van der Waals surface area contributed by atoms with E-state index in [-0.39, 0.29) is 0 Å². The van der Waals surface area contributed by atoms with Crippen LogP contribution in [0.2, 0.25) is 0 Å². The van der Waals surface area contributed by atoms with Crippen molar-refractivity contribution in [3.05, 3.63) is 35.3 Å². The molecule has 0 amide bonds. The first kappa shape index (κ1) is 10.8. The quantitative estimate of drug-likeness (QED) is 0.762. The van der Waals surface area contributed by atoms with Gasteiger partial charge in [-0.05, 0) is 12.1 Å². The van der Waals surface area contributed by atoms with E-state index in [0.717, 1.165) is 28.3 Å². The molecule has 2 rings (SSSR count). The van der Waals surface area contributed by atoms with Crippen molar-refractivity contribution >= 4 is 17.6 Å². The predicted molar refractivity (Wildman–Crippen MR) is 63.9 cm³/mol. The average molecular weight is 233 g/mol. The third kappa shape index (κ3) is 2.28. The van der Waals surface area contributed by atoms with Gasteiger partial charge in [0.15, 0.2) is 0 Å². The zero-order valence-electron chi connectivity index (χ0n) is 8.84. The summed E-state index contributed by atoms with van der Waals surface area (Å²) in [6.07, 6.45) is 1.24. The molecule has 4 heteroatoms. The van der Waals surface area contributed by atoms with Gasteiger partial charge in [0.05, 0.1) is 12.8 Å². The molecular weight excluding hydrogens is 222 g/mol. The fraction of sp³-hybridized carbons (Fsp3) is 0.167. The second kappa shape index (κ2) is 4.90. The maximum absolute atomic E-state index is 10.4. The van der Waals surface area contributed by atoms with Crippen molar-refractivity contribution in [1.82, 2.24) is 4.98 Å². The van der Waals surface area contributed by atoms with E-state index in [1.54, 1.807) is 7.11 Å². The molecule has 0 fully saturated rings. The molecule has 1 aromatic carbocycles. The summed E-state index contributed by atoms with van der Waals surface area (Å²) in [5, 5.41) is 2.82. The van der Waals surface area contributed by atoms with Crippen molar-refractivity contribution < 1.29 is 9.53 Å². The number of nitrogens with zero attached hydrogens (tertiary/aromatic N) is 1. The molecule has 0 atom stereocenters. The average Bonchev–Trinajstić information content (AvgIpc) is 2.78. The number of thiazole rings is 1. The monoisotopic (exact) mass is 233 g/mol. The first-order valence-corrected chi connectivity index (χ1v) is 5.74. The van der Waals surface area contributed by atoms with Crippen LogP contribution in [0.3, 0.4) is 0 Å². The Morgan fingerprint density at radius 3 is 3.12 bits per heavy atom. The topological polar surface area (TPSA) is 39.2 Å². The number of ether oxygens (including phenoxy) is 1. The van der Waals surface area contributed by atoms with Crippen LogP contribution in [0.4, 0.5) is 0 Å². The predicted octanol–water partition coefficient (Wildman–Crippen LogP) is 2.56. The number of carbonyl (C=O) groups is 1. The van der Waals surface area contributed by atoms with Gasteiger partial charge in [-0.2, -0.15) is 0 Å². The highest BCUT2D eigenvalue weighted by Crippen LogP contribution is 2.26. The lowest BCUT2D eigenvalue weighted by Crippen LogP contribution is -1.86. The molecule has 0 saturated heterocycles. The van der Waals surface area contributed by atoms with Crippen LogP contribution >= 0.6 is 11.3 Å². The lowest BCUT2D eigenvalue weighted by molar-refractivity contribution is -0.107. The Bertz CT molecular complexity index is 493. The minimum atomic E-state index is 0.375. The largest absolute Gasteiger partial charge is 0.497 e. The molecule has 0 spiro atoms. The molecule has 1 aromatic heterocycles. The van der Waals surface area contributed by atoms with Gasteiger partial charge >= 0.3 is 0 Å². The Morgan fingerprint density at radius 1 is 1.50 bits per heavy atom. The summed E-state index contributed by atoms with van der Waals surface area (Å²) in [6, 6.07) is 7.73. The first-order chi connectivity index (χ1) is 7.83. The summed E-state index contributed by atoms with van der Waals surface area (Å²) in [5.74, 6) is 0.810. The molecule has 1 heterocycles. The third-order valence-corrected chi connectivity index (χ3v) is 3.10. The van der Waals surface area contributed by atoms with Gasteiger partial charge in [-0.25, -0.2) is 4.98 Å². The lowest BCUT2D eigenvalue weighted by atomic mass is 10.2. The van der Waals surface area contributed by atoms with Gasteiger partial charge in [0.25, 0.3) is 0 Å². The smallest absolute Gasteiger partial charge is 0.125 e. The third-order valence-electron chi connectivity index (χ3n) is 2.16. The van der Waals surface area contributed by atoms with Crippen LogP contribution in [0.25, 0.3) is 10.6 Å². The highest BCUT2D eigenvalue weighted by Gasteiger charge is 2.05. The van der Waals surface area contributed by atoms with Gasteiger partial charge in [-0.1, -0.05) is 12.1 Å². The summed E-state index contributed by atoms with van der Waals surface area (Å²) in [6.45, 7) is 0. The van der Waals surface area contributed by atoms with Crippen molar-refractivity contribution in [3.63, 3.8) is 0 Å². The molecule has 0 aliphatic carbocycles. The van der Waals surface area contributed by atoms with E-state index < -0.39 is 0 Å². The first-order valence-electron chi connectivity index (χ1n) is 4.86. The van der Waals surface area contributed by atoms with E-state index in [1.807, 2.05) is 29.6 Å². The van der Waals surface area contributed by atoms with Crippen molar-refractivity contribution in [3.8, 4) is 16.3 Å². The van der Waals surface area contributed by atoms with E-state index in [1.165, 1.54) is 11.3 Å². The van der Waals surface area contributed by atoms with Crippen LogP contribution in [0.15, 0.2) is 29.6 Å². The highest BCUT2D eigenvalue weighted by molar-refractivity contribution is 7.13. The van der Waals surface area contributed by atoms with Gasteiger partial charge in [-0.3, -0.25) is 0 Å². The molecule has 0 N–H and O–H groups in total. The molecule has 0 unspecified atom stereocenters. The normalized spacial score (nSPS) is 10.1. The Hall–Kier alpha value is -1.68. The van der Waals surface area contributed by atoms with E-state index in [4.69, 9.17) is 4.74 Å². The van der Waals surface area contributed by atoms with Crippen LogP contribution < -0.4 is 4.74 Å². The zero-order chi connectivity index (χ0) is 11.4. The molecule has 0 radical (unpaired) electrons. The molecule has 0 bridgehead atoms. The van der Waals surface area contributed by atoms with Crippen LogP contribution in [0.5, 0.6) is 5.75 Å². The molecular formula is C12H11NO2S. The molecule has 3 nitrogen and oxygen atoms in total. The Balaban J connectivity index is 2.30.